The molecule has 1 heteroatoms. The minimum Gasteiger partial charge on any atom is -0.0840 e. The molecular weight excluding hydrogens is 192 g/mol. The number of benzene rings is 1. The van der Waals surface area contributed by atoms with Crippen molar-refractivity contribution >= 4 is 17.2 Å². The molecule has 0 unspecified atom stereocenters. The fraction of sp³-hybridized carbons (Fsp3) is 0.154. The maximum atomic E-state index is 6.12. The van der Waals surface area contributed by atoms with Crippen molar-refractivity contribution < 1.29 is 0 Å². The van der Waals surface area contributed by atoms with Crippen molar-refractivity contribution in [1.29, 1.82) is 0 Å². The number of allylic oxidation sites excluding steroid dienone is 4. The van der Waals surface area contributed by atoms with E-state index in [1.165, 1.54) is 11.1 Å². The van der Waals surface area contributed by atoms with Gasteiger partial charge in [0.2, 0.25) is 0 Å². The van der Waals surface area contributed by atoms with Crippen LogP contribution in [0.25, 0.3) is 5.57 Å². The molecule has 0 nitrogen and oxygen atoms in total. The third-order valence-electron chi connectivity index (χ3n) is 2.34. The van der Waals surface area contributed by atoms with Crippen molar-refractivity contribution in [3.8, 4) is 0 Å². The van der Waals surface area contributed by atoms with E-state index < -0.39 is 0 Å². The van der Waals surface area contributed by atoms with Crippen molar-refractivity contribution in [2.45, 2.75) is 13.3 Å². The van der Waals surface area contributed by atoms with Gasteiger partial charge in [0, 0.05) is 5.03 Å². The number of aryl methyl sites for hydroxylation is 1. The van der Waals surface area contributed by atoms with Crippen molar-refractivity contribution in [2.75, 3.05) is 0 Å². The molecule has 0 fully saturated rings. The maximum absolute atomic E-state index is 6.12. The summed E-state index contributed by atoms with van der Waals surface area (Å²) in [6, 6.07) is 8.45. The first-order valence-corrected chi connectivity index (χ1v) is 5.12. The highest BCUT2D eigenvalue weighted by molar-refractivity contribution is 6.34. The summed E-state index contributed by atoms with van der Waals surface area (Å²) in [7, 11) is 0. The van der Waals surface area contributed by atoms with Crippen LogP contribution in [0, 0.1) is 13.3 Å². The van der Waals surface area contributed by atoms with Crippen LogP contribution < -0.4 is 0 Å². The van der Waals surface area contributed by atoms with Gasteiger partial charge < -0.3 is 0 Å². The predicted octanol–water partition coefficient (Wildman–Crippen LogP) is 4.11. The Labute approximate surface area is 89.9 Å². The molecule has 1 aromatic rings. The highest BCUT2D eigenvalue weighted by Crippen LogP contribution is 2.29. The summed E-state index contributed by atoms with van der Waals surface area (Å²) in [4.78, 5) is 0. The summed E-state index contributed by atoms with van der Waals surface area (Å²) in [5, 5.41) is 0.833. The highest BCUT2D eigenvalue weighted by atomic mass is 35.5. The fourth-order valence-corrected chi connectivity index (χ4v) is 1.81. The van der Waals surface area contributed by atoms with E-state index >= 15 is 0 Å². The smallest absolute Gasteiger partial charge is 0.0443 e. The summed E-state index contributed by atoms with van der Waals surface area (Å²) >= 11 is 6.12. The molecule has 0 aliphatic heterocycles. The maximum Gasteiger partial charge on any atom is 0.0443 e. The molecule has 0 aromatic heterocycles. The summed E-state index contributed by atoms with van der Waals surface area (Å²) in [6.07, 6.45) is 7.17. The van der Waals surface area contributed by atoms with E-state index in [1.807, 2.05) is 6.08 Å². The molecule has 0 heterocycles. The Hall–Kier alpha value is -1.01. The Morgan fingerprint density at radius 2 is 1.86 bits per heavy atom. The molecule has 0 bridgehead atoms. The molecule has 0 saturated carbocycles. The van der Waals surface area contributed by atoms with E-state index in [0.29, 0.717) is 0 Å². The largest absolute Gasteiger partial charge is 0.0840 e. The molecule has 1 aliphatic rings. The van der Waals surface area contributed by atoms with Crippen LogP contribution in [0.5, 0.6) is 0 Å². The van der Waals surface area contributed by atoms with Gasteiger partial charge in [-0.3, -0.25) is 0 Å². The number of hydrogen-bond acceptors (Lipinski definition) is 0. The molecule has 71 valence electrons. The van der Waals surface area contributed by atoms with Gasteiger partial charge in [0.1, 0.15) is 0 Å². The molecule has 2 rings (SSSR count). The predicted molar refractivity (Wildman–Crippen MR) is 62.0 cm³/mol. The summed E-state index contributed by atoms with van der Waals surface area (Å²) < 4.78 is 0. The monoisotopic (exact) mass is 203 g/mol. The normalized spacial score (nSPS) is 16.1. The molecule has 1 radical (unpaired) electrons. The Balaban J connectivity index is 2.39. The van der Waals surface area contributed by atoms with Crippen LogP contribution >= 0.6 is 11.6 Å². The van der Waals surface area contributed by atoms with Crippen molar-refractivity contribution in [1.82, 2.24) is 0 Å². The van der Waals surface area contributed by atoms with Gasteiger partial charge in [0.25, 0.3) is 0 Å². The van der Waals surface area contributed by atoms with Gasteiger partial charge in [0.15, 0.2) is 0 Å². The zero-order valence-electron chi connectivity index (χ0n) is 8.13. The number of hydrogen-bond donors (Lipinski definition) is 0. The van der Waals surface area contributed by atoms with E-state index in [9.17, 15) is 0 Å². The van der Waals surface area contributed by atoms with Gasteiger partial charge in [-0.25, -0.2) is 0 Å². The molecule has 14 heavy (non-hydrogen) atoms. The average Bonchev–Trinajstić information content (AvgIpc) is 2.20. The molecule has 0 amide bonds. The van der Waals surface area contributed by atoms with Crippen molar-refractivity contribution in [3.05, 3.63) is 59.0 Å². The van der Waals surface area contributed by atoms with E-state index in [0.717, 1.165) is 17.0 Å². The summed E-state index contributed by atoms with van der Waals surface area (Å²) in [5.41, 5.74) is 3.62. The standard InChI is InChI=1S/C13H12Cl/c1-10-6-8-11(9-7-10)12-4-2-3-5-13(12)14/h3-9H,2H2,1H3. The third kappa shape index (κ3) is 1.91. The average molecular weight is 204 g/mol. The SMILES string of the molecule is Cc1ccc(C2=C(Cl)C=CC[CH]2)cc1. The van der Waals surface area contributed by atoms with E-state index in [2.05, 4.69) is 43.7 Å². The number of rotatable bonds is 1. The zero-order valence-corrected chi connectivity index (χ0v) is 8.88. The second-order valence-electron chi connectivity index (χ2n) is 3.47. The van der Waals surface area contributed by atoms with E-state index in [-0.39, 0.29) is 0 Å². The van der Waals surface area contributed by atoms with Crippen molar-refractivity contribution in [2.24, 2.45) is 0 Å². The Kier molecular flexibility index (Phi) is 2.74. The Morgan fingerprint density at radius 1 is 1.14 bits per heavy atom. The second kappa shape index (κ2) is 4.02. The minimum absolute atomic E-state index is 0.833. The van der Waals surface area contributed by atoms with Gasteiger partial charge in [0.05, 0.1) is 0 Å². The van der Waals surface area contributed by atoms with Crippen LogP contribution in [-0.2, 0) is 0 Å². The molecule has 0 spiro atoms. The molecule has 0 N–H and O–H groups in total. The highest BCUT2D eigenvalue weighted by Gasteiger charge is 2.08. The lowest BCUT2D eigenvalue weighted by Crippen LogP contribution is -1.91. The van der Waals surface area contributed by atoms with Crippen LogP contribution in [0.2, 0.25) is 0 Å². The molecule has 0 atom stereocenters. The lowest BCUT2D eigenvalue weighted by atomic mass is 9.97. The van der Waals surface area contributed by atoms with E-state index in [1.54, 1.807) is 0 Å². The van der Waals surface area contributed by atoms with Gasteiger partial charge in [-0.1, -0.05) is 47.5 Å². The Bertz CT molecular complexity index is 382. The third-order valence-corrected chi connectivity index (χ3v) is 2.67. The van der Waals surface area contributed by atoms with Crippen LogP contribution in [0.15, 0.2) is 41.4 Å². The fourth-order valence-electron chi connectivity index (χ4n) is 1.53. The lowest BCUT2D eigenvalue weighted by molar-refractivity contribution is 1.26. The summed E-state index contributed by atoms with van der Waals surface area (Å²) in [6.45, 7) is 2.09. The molecule has 0 saturated heterocycles. The van der Waals surface area contributed by atoms with E-state index in [4.69, 9.17) is 11.6 Å². The van der Waals surface area contributed by atoms with Crippen LogP contribution in [-0.4, -0.2) is 0 Å². The summed E-state index contributed by atoms with van der Waals surface area (Å²) in [5.74, 6) is 0. The first-order chi connectivity index (χ1) is 6.77. The van der Waals surface area contributed by atoms with Crippen LogP contribution in [0.1, 0.15) is 17.5 Å². The molecule has 1 aliphatic carbocycles. The minimum atomic E-state index is 0.833. The number of halogens is 1. The van der Waals surface area contributed by atoms with Gasteiger partial charge >= 0.3 is 0 Å². The van der Waals surface area contributed by atoms with Crippen LogP contribution in [0.4, 0.5) is 0 Å². The zero-order chi connectivity index (χ0) is 9.97. The van der Waals surface area contributed by atoms with Gasteiger partial charge in [-0.15, -0.1) is 0 Å². The molecular formula is C13H12Cl. The van der Waals surface area contributed by atoms with Crippen LogP contribution in [0.3, 0.4) is 0 Å². The quantitative estimate of drug-likeness (QED) is 0.645. The second-order valence-corrected chi connectivity index (χ2v) is 3.88. The first kappa shape index (κ1) is 9.54. The van der Waals surface area contributed by atoms with Crippen molar-refractivity contribution in [3.63, 3.8) is 0 Å². The lowest BCUT2D eigenvalue weighted by Gasteiger charge is -2.11. The van der Waals surface area contributed by atoms with Gasteiger partial charge in [-0.2, -0.15) is 0 Å². The van der Waals surface area contributed by atoms with Gasteiger partial charge in [-0.05, 0) is 37.0 Å². The molecule has 1 aromatic carbocycles. The first-order valence-electron chi connectivity index (χ1n) is 4.74. The topological polar surface area (TPSA) is 0 Å². The Morgan fingerprint density at radius 3 is 2.50 bits per heavy atom.